The van der Waals surface area contributed by atoms with Crippen molar-refractivity contribution in [3.05, 3.63) is 22.4 Å². The van der Waals surface area contributed by atoms with E-state index in [1.165, 1.54) is 11.3 Å². The average molecular weight is 225 g/mol. The summed E-state index contributed by atoms with van der Waals surface area (Å²) in [6, 6.07) is 3.63. The van der Waals surface area contributed by atoms with Crippen LogP contribution in [-0.2, 0) is 0 Å². The Morgan fingerprint density at radius 3 is 3.00 bits per heavy atom. The predicted octanol–water partition coefficient (Wildman–Crippen LogP) is 1.64. The zero-order valence-electron chi connectivity index (χ0n) is 8.69. The minimum Gasteiger partial charge on any atom is -0.388 e. The molecule has 1 amide bonds. The first-order valence-corrected chi connectivity index (χ1v) is 6.01. The Morgan fingerprint density at radius 2 is 2.47 bits per heavy atom. The van der Waals surface area contributed by atoms with E-state index in [2.05, 4.69) is 5.32 Å². The Morgan fingerprint density at radius 1 is 1.73 bits per heavy atom. The Labute approximate surface area is 93.1 Å². The predicted molar refractivity (Wildman–Crippen MR) is 60.0 cm³/mol. The van der Waals surface area contributed by atoms with Crippen LogP contribution in [0.3, 0.4) is 0 Å². The molecule has 82 valence electrons. The highest BCUT2D eigenvalue weighted by Gasteiger charge is 2.39. The zero-order chi connectivity index (χ0) is 10.9. The summed E-state index contributed by atoms with van der Waals surface area (Å²) in [5.74, 6) is 0.270. The van der Waals surface area contributed by atoms with Crippen LogP contribution >= 0.6 is 11.3 Å². The summed E-state index contributed by atoms with van der Waals surface area (Å²) < 4.78 is 0. The molecule has 15 heavy (non-hydrogen) atoms. The van der Waals surface area contributed by atoms with E-state index in [-0.39, 0.29) is 5.91 Å². The Hall–Kier alpha value is -0.870. The standard InChI is InChI=1S/C11H15NO2S/c1-11(14,8-4-5-8)7-12-10(13)9-3-2-6-15-9/h2-3,6,8,14H,4-5,7H2,1H3,(H,12,13)/t11-/m0/s1. The number of carbonyl (C=O) groups is 1. The van der Waals surface area contributed by atoms with Gasteiger partial charge in [-0.2, -0.15) is 0 Å². The second-order valence-electron chi connectivity index (χ2n) is 4.29. The molecule has 0 spiro atoms. The fourth-order valence-electron chi connectivity index (χ4n) is 1.60. The van der Waals surface area contributed by atoms with Crippen molar-refractivity contribution < 1.29 is 9.90 Å². The van der Waals surface area contributed by atoms with Gasteiger partial charge < -0.3 is 10.4 Å². The number of hydrogen-bond acceptors (Lipinski definition) is 3. The van der Waals surface area contributed by atoms with Crippen LogP contribution in [0.2, 0.25) is 0 Å². The number of nitrogens with one attached hydrogen (secondary N) is 1. The van der Waals surface area contributed by atoms with Crippen molar-refractivity contribution in [3.8, 4) is 0 Å². The fourth-order valence-corrected chi connectivity index (χ4v) is 2.24. The molecule has 1 aromatic heterocycles. The van der Waals surface area contributed by atoms with E-state index in [1.807, 2.05) is 11.4 Å². The van der Waals surface area contributed by atoms with E-state index in [9.17, 15) is 9.90 Å². The van der Waals surface area contributed by atoms with Crippen molar-refractivity contribution in [1.29, 1.82) is 0 Å². The van der Waals surface area contributed by atoms with Gasteiger partial charge in [-0.05, 0) is 37.1 Å². The number of hydrogen-bond donors (Lipinski definition) is 2. The summed E-state index contributed by atoms with van der Waals surface area (Å²) >= 11 is 1.41. The van der Waals surface area contributed by atoms with Crippen LogP contribution < -0.4 is 5.32 Å². The van der Waals surface area contributed by atoms with Crippen molar-refractivity contribution in [2.45, 2.75) is 25.4 Å². The Balaban J connectivity index is 1.85. The van der Waals surface area contributed by atoms with E-state index in [4.69, 9.17) is 0 Å². The highest BCUT2D eigenvalue weighted by molar-refractivity contribution is 7.12. The van der Waals surface area contributed by atoms with Crippen LogP contribution in [0.15, 0.2) is 17.5 Å². The number of aliphatic hydroxyl groups is 1. The van der Waals surface area contributed by atoms with E-state index < -0.39 is 5.60 Å². The van der Waals surface area contributed by atoms with Crippen LogP contribution in [0, 0.1) is 5.92 Å². The van der Waals surface area contributed by atoms with E-state index in [0.29, 0.717) is 17.3 Å². The van der Waals surface area contributed by atoms with Crippen molar-refractivity contribution in [2.24, 2.45) is 5.92 Å². The van der Waals surface area contributed by atoms with Gasteiger partial charge in [0.05, 0.1) is 10.5 Å². The van der Waals surface area contributed by atoms with Crippen molar-refractivity contribution in [1.82, 2.24) is 5.32 Å². The van der Waals surface area contributed by atoms with Crippen LogP contribution in [-0.4, -0.2) is 23.2 Å². The lowest BCUT2D eigenvalue weighted by atomic mass is 10.0. The topological polar surface area (TPSA) is 49.3 Å². The molecule has 2 N–H and O–H groups in total. The van der Waals surface area contributed by atoms with Gasteiger partial charge in [-0.25, -0.2) is 0 Å². The summed E-state index contributed by atoms with van der Waals surface area (Å²) in [5, 5.41) is 14.6. The molecule has 0 unspecified atom stereocenters. The van der Waals surface area contributed by atoms with Crippen molar-refractivity contribution >= 4 is 17.2 Å². The van der Waals surface area contributed by atoms with Crippen molar-refractivity contribution in [3.63, 3.8) is 0 Å². The Kier molecular flexibility index (Phi) is 2.80. The first-order chi connectivity index (χ1) is 7.09. The molecule has 1 aliphatic rings. The lowest BCUT2D eigenvalue weighted by Crippen LogP contribution is -2.42. The second-order valence-corrected chi connectivity index (χ2v) is 5.24. The number of thiophene rings is 1. The SMILES string of the molecule is C[C@](O)(CNC(=O)c1cccs1)C1CC1. The van der Waals surface area contributed by atoms with Crippen LogP contribution in [0.1, 0.15) is 29.4 Å². The third-order valence-electron chi connectivity index (χ3n) is 2.81. The number of carbonyl (C=O) groups excluding carboxylic acids is 1. The molecule has 0 aromatic carbocycles. The molecule has 0 radical (unpaired) electrons. The molecular weight excluding hydrogens is 210 g/mol. The summed E-state index contributed by atoms with van der Waals surface area (Å²) in [5.41, 5.74) is -0.743. The highest BCUT2D eigenvalue weighted by atomic mass is 32.1. The van der Waals surface area contributed by atoms with Crippen LogP contribution in [0.4, 0.5) is 0 Å². The van der Waals surface area contributed by atoms with Gasteiger partial charge in [-0.15, -0.1) is 11.3 Å². The molecule has 0 bridgehead atoms. The normalized spacial score (nSPS) is 19.6. The van der Waals surface area contributed by atoms with Gasteiger partial charge in [0, 0.05) is 6.54 Å². The van der Waals surface area contributed by atoms with Gasteiger partial charge >= 0.3 is 0 Å². The summed E-state index contributed by atoms with van der Waals surface area (Å²) in [7, 11) is 0. The minimum atomic E-state index is -0.743. The highest BCUT2D eigenvalue weighted by Crippen LogP contribution is 2.39. The van der Waals surface area contributed by atoms with Gasteiger partial charge in [0.2, 0.25) is 0 Å². The first-order valence-electron chi connectivity index (χ1n) is 5.14. The third-order valence-corrected chi connectivity index (χ3v) is 3.68. The first kappa shape index (κ1) is 10.6. The molecule has 3 nitrogen and oxygen atoms in total. The summed E-state index contributed by atoms with van der Waals surface area (Å²) in [6.45, 7) is 2.13. The molecule has 1 heterocycles. The fraction of sp³-hybridized carbons (Fsp3) is 0.545. The molecule has 0 aliphatic heterocycles. The van der Waals surface area contributed by atoms with Crippen LogP contribution in [0.5, 0.6) is 0 Å². The maximum atomic E-state index is 11.6. The van der Waals surface area contributed by atoms with Gasteiger partial charge in [0.1, 0.15) is 0 Å². The lowest BCUT2D eigenvalue weighted by Gasteiger charge is -2.22. The van der Waals surface area contributed by atoms with Crippen LogP contribution in [0.25, 0.3) is 0 Å². The van der Waals surface area contributed by atoms with E-state index >= 15 is 0 Å². The zero-order valence-corrected chi connectivity index (χ0v) is 9.51. The molecular formula is C11H15NO2S. The maximum Gasteiger partial charge on any atom is 0.261 e. The quantitative estimate of drug-likeness (QED) is 0.818. The molecule has 1 saturated carbocycles. The minimum absolute atomic E-state index is 0.0917. The van der Waals surface area contributed by atoms with Gasteiger partial charge in [-0.3, -0.25) is 4.79 Å². The Bertz CT molecular complexity index is 341. The molecule has 2 rings (SSSR count). The van der Waals surface area contributed by atoms with Gasteiger partial charge in [-0.1, -0.05) is 6.07 Å². The van der Waals surface area contributed by atoms with E-state index in [1.54, 1.807) is 13.0 Å². The molecule has 0 saturated heterocycles. The van der Waals surface area contributed by atoms with Crippen molar-refractivity contribution in [2.75, 3.05) is 6.54 Å². The molecule has 4 heteroatoms. The molecule has 1 fully saturated rings. The summed E-state index contributed by atoms with van der Waals surface area (Å²) in [4.78, 5) is 12.3. The number of rotatable bonds is 4. The lowest BCUT2D eigenvalue weighted by molar-refractivity contribution is 0.0355. The van der Waals surface area contributed by atoms with E-state index in [0.717, 1.165) is 12.8 Å². The van der Waals surface area contributed by atoms with Gasteiger partial charge in [0.25, 0.3) is 5.91 Å². The summed E-state index contributed by atoms with van der Waals surface area (Å²) in [6.07, 6.45) is 2.14. The monoisotopic (exact) mass is 225 g/mol. The smallest absolute Gasteiger partial charge is 0.261 e. The second kappa shape index (κ2) is 3.94. The molecule has 1 aromatic rings. The maximum absolute atomic E-state index is 11.6. The van der Waals surface area contributed by atoms with Gasteiger partial charge in [0.15, 0.2) is 0 Å². The molecule has 1 atom stereocenters. The molecule has 1 aliphatic carbocycles. The average Bonchev–Trinajstić information content (AvgIpc) is 2.92. The number of amides is 1. The largest absolute Gasteiger partial charge is 0.388 e. The third kappa shape index (κ3) is 2.58.